The Morgan fingerprint density at radius 3 is 2.74 bits per heavy atom. The van der Waals surface area contributed by atoms with Crippen molar-refractivity contribution < 1.29 is 9.84 Å². The lowest BCUT2D eigenvalue weighted by atomic mass is 9.94. The van der Waals surface area contributed by atoms with Crippen LogP contribution >= 0.6 is 15.9 Å². The Balaban J connectivity index is 1.39. The number of nitrogens with one attached hydrogen (secondary N) is 2. The van der Waals surface area contributed by atoms with Gasteiger partial charge in [-0.25, -0.2) is 9.97 Å². The maximum Gasteiger partial charge on any atom is 0.141 e. The van der Waals surface area contributed by atoms with E-state index in [4.69, 9.17) is 4.74 Å². The van der Waals surface area contributed by atoms with Gasteiger partial charge in [-0.1, -0.05) is 30.0 Å². The molecule has 170 valence electrons. The van der Waals surface area contributed by atoms with Crippen molar-refractivity contribution in [3.8, 4) is 23.3 Å². The zero-order valence-corrected chi connectivity index (χ0v) is 20.0. The normalized spacial score (nSPS) is 17.6. The van der Waals surface area contributed by atoms with Crippen LogP contribution < -0.4 is 15.4 Å². The number of fused-ring (bicyclic) bond motifs is 1. The predicted octanol–water partition coefficient (Wildman–Crippen LogP) is 5.39. The summed E-state index contributed by atoms with van der Waals surface area (Å²) in [5.74, 6) is 8.34. The van der Waals surface area contributed by atoms with Crippen LogP contribution in [0.5, 0.6) is 11.5 Å². The van der Waals surface area contributed by atoms with Crippen molar-refractivity contribution in [2.75, 3.05) is 18.4 Å². The van der Waals surface area contributed by atoms with E-state index in [1.54, 1.807) is 0 Å². The van der Waals surface area contributed by atoms with Crippen LogP contribution in [-0.2, 0) is 0 Å². The van der Waals surface area contributed by atoms with Crippen molar-refractivity contribution in [2.45, 2.75) is 18.4 Å². The summed E-state index contributed by atoms with van der Waals surface area (Å²) in [4.78, 5) is 8.83. The summed E-state index contributed by atoms with van der Waals surface area (Å²) in [6.07, 6.45) is 3.12. The van der Waals surface area contributed by atoms with Gasteiger partial charge in [0.1, 0.15) is 29.2 Å². The molecule has 0 radical (unpaired) electrons. The first-order valence-corrected chi connectivity index (χ1v) is 11.9. The molecule has 1 saturated heterocycles. The topological polar surface area (TPSA) is 79.3 Å². The molecule has 1 aromatic heterocycles. The van der Waals surface area contributed by atoms with E-state index in [0.717, 1.165) is 51.1 Å². The van der Waals surface area contributed by atoms with Gasteiger partial charge in [-0.15, -0.1) is 0 Å². The summed E-state index contributed by atoms with van der Waals surface area (Å²) in [7, 11) is 0. The molecule has 34 heavy (non-hydrogen) atoms. The number of ether oxygens (including phenoxy) is 1. The second-order valence-electron chi connectivity index (χ2n) is 8.20. The van der Waals surface area contributed by atoms with E-state index in [2.05, 4.69) is 48.4 Å². The minimum Gasteiger partial charge on any atom is -0.456 e. The molecule has 0 aliphatic carbocycles. The van der Waals surface area contributed by atoms with Crippen LogP contribution in [0.2, 0.25) is 0 Å². The lowest BCUT2D eigenvalue weighted by molar-refractivity contribution is 0.0736. The van der Waals surface area contributed by atoms with E-state index in [9.17, 15) is 5.11 Å². The van der Waals surface area contributed by atoms with Gasteiger partial charge in [0.15, 0.2) is 0 Å². The fourth-order valence-electron chi connectivity index (χ4n) is 3.83. The largest absolute Gasteiger partial charge is 0.456 e. The number of anilines is 2. The number of aliphatic hydroxyl groups is 1. The van der Waals surface area contributed by atoms with Gasteiger partial charge >= 0.3 is 0 Å². The Labute approximate surface area is 206 Å². The molecule has 0 spiro atoms. The second kappa shape index (κ2) is 9.82. The van der Waals surface area contributed by atoms with Crippen LogP contribution in [0.4, 0.5) is 11.5 Å². The lowest BCUT2D eigenvalue weighted by Crippen LogP contribution is -2.44. The number of piperidine rings is 1. The van der Waals surface area contributed by atoms with Crippen LogP contribution in [0, 0.1) is 11.8 Å². The summed E-state index contributed by atoms with van der Waals surface area (Å²) < 4.78 is 6.76. The predicted molar refractivity (Wildman–Crippen MR) is 137 cm³/mol. The third-order valence-corrected chi connectivity index (χ3v) is 6.22. The first-order valence-electron chi connectivity index (χ1n) is 11.1. The number of β-amino-alcohol motifs (C(OH)–C–C–N with tert-alkyl or cyclic N) is 1. The van der Waals surface area contributed by atoms with Gasteiger partial charge in [0, 0.05) is 23.2 Å². The molecule has 3 aromatic carbocycles. The summed E-state index contributed by atoms with van der Waals surface area (Å²) >= 11 is 3.60. The van der Waals surface area contributed by atoms with Crippen LogP contribution in [0.3, 0.4) is 0 Å². The summed E-state index contributed by atoms with van der Waals surface area (Å²) in [5.41, 5.74) is 1.48. The quantitative estimate of drug-likeness (QED) is 0.316. The zero-order valence-electron chi connectivity index (χ0n) is 18.4. The van der Waals surface area contributed by atoms with Gasteiger partial charge in [-0.2, -0.15) is 0 Å². The number of para-hydroxylation sites is 1. The fraction of sp³-hybridized carbons (Fsp3) is 0.185. The Kier molecular flexibility index (Phi) is 6.45. The first-order chi connectivity index (χ1) is 16.6. The van der Waals surface area contributed by atoms with E-state index < -0.39 is 5.60 Å². The number of aromatic nitrogens is 2. The van der Waals surface area contributed by atoms with Gasteiger partial charge < -0.3 is 20.5 Å². The zero-order chi connectivity index (χ0) is 23.4. The second-order valence-corrected chi connectivity index (χ2v) is 9.06. The number of rotatable bonds is 4. The Morgan fingerprint density at radius 1 is 1.06 bits per heavy atom. The number of halogens is 1. The molecule has 0 amide bonds. The van der Waals surface area contributed by atoms with Gasteiger partial charge in [-0.3, -0.25) is 0 Å². The molecule has 4 aromatic rings. The highest BCUT2D eigenvalue weighted by atomic mass is 79.9. The average molecular weight is 515 g/mol. The molecule has 5 rings (SSSR count). The third kappa shape index (κ3) is 5.20. The van der Waals surface area contributed by atoms with E-state index in [-0.39, 0.29) is 0 Å². The monoisotopic (exact) mass is 514 g/mol. The maximum absolute atomic E-state index is 10.6. The Morgan fingerprint density at radius 2 is 1.94 bits per heavy atom. The minimum absolute atomic E-state index is 0.488. The number of hydrogen-bond acceptors (Lipinski definition) is 6. The molecule has 7 heteroatoms. The summed E-state index contributed by atoms with van der Waals surface area (Å²) in [6.45, 7) is 1.41. The smallest absolute Gasteiger partial charge is 0.141 e. The van der Waals surface area contributed by atoms with E-state index >= 15 is 0 Å². The number of hydrogen-bond donors (Lipinski definition) is 3. The van der Waals surface area contributed by atoms with Crippen LogP contribution in [0.1, 0.15) is 18.4 Å². The average Bonchev–Trinajstić information content (AvgIpc) is 2.86. The SMILES string of the molecule is OC1(C#Cc2ccc3ncnc(Nc4ccc(Oc5ccccc5)c(Br)c4)c3c2)CCCNC1. The van der Waals surface area contributed by atoms with Crippen molar-refractivity contribution in [1.82, 2.24) is 15.3 Å². The minimum atomic E-state index is -0.989. The molecule has 6 nitrogen and oxygen atoms in total. The molecular formula is C27H23BrN4O2. The molecule has 1 unspecified atom stereocenters. The van der Waals surface area contributed by atoms with E-state index in [0.29, 0.717) is 18.8 Å². The van der Waals surface area contributed by atoms with Crippen molar-refractivity contribution >= 4 is 38.3 Å². The van der Waals surface area contributed by atoms with Crippen molar-refractivity contribution in [3.05, 3.63) is 83.1 Å². The van der Waals surface area contributed by atoms with Gasteiger partial charge in [-0.05, 0) is 83.8 Å². The van der Waals surface area contributed by atoms with Crippen molar-refractivity contribution in [2.24, 2.45) is 0 Å². The third-order valence-electron chi connectivity index (χ3n) is 5.60. The molecule has 2 heterocycles. The molecule has 1 aliphatic rings. The molecule has 3 N–H and O–H groups in total. The van der Waals surface area contributed by atoms with Gasteiger partial charge in [0.2, 0.25) is 0 Å². The standard InChI is InChI=1S/C27H23BrN4O2/c28-23-16-20(8-10-25(23)34-21-5-2-1-3-6-21)32-26-22-15-19(7-9-24(22)30-18-31-26)11-13-27(33)12-4-14-29-17-27/h1-3,5-10,15-16,18,29,33H,4,12,14,17H2,(H,30,31,32). The van der Waals surface area contributed by atoms with Crippen LogP contribution in [-0.4, -0.2) is 33.8 Å². The number of benzene rings is 3. The van der Waals surface area contributed by atoms with Crippen molar-refractivity contribution in [3.63, 3.8) is 0 Å². The summed E-state index contributed by atoms with van der Waals surface area (Å²) in [5, 5.41) is 18.1. The lowest BCUT2D eigenvalue weighted by Gasteiger charge is -2.27. The van der Waals surface area contributed by atoms with Crippen LogP contribution in [0.15, 0.2) is 77.5 Å². The highest BCUT2D eigenvalue weighted by Crippen LogP contribution is 2.33. The summed E-state index contributed by atoms with van der Waals surface area (Å²) in [6, 6.07) is 21.2. The first kappa shape index (κ1) is 22.4. The molecule has 1 atom stereocenters. The maximum atomic E-state index is 10.6. The van der Waals surface area contributed by atoms with Gasteiger partial charge in [0.05, 0.1) is 9.99 Å². The highest BCUT2D eigenvalue weighted by Gasteiger charge is 2.26. The molecule has 0 saturated carbocycles. The highest BCUT2D eigenvalue weighted by molar-refractivity contribution is 9.10. The van der Waals surface area contributed by atoms with E-state index in [1.165, 1.54) is 6.33 Å². The van der Waals surface area contributed by atoms with Gasteiger partial charge in [0.25, 0.3) is 0 Å². The fourth-order valence-corrected chi connectivity index (χ4v) is 4.29. The molecular weight excluding hydrogens is 492 g/mol. The van der Waals surface area contributed by atoms with E-state index in [1.807, 2.05) is 66.7 Å². The Hall–Kier alpha value is -3.44. The molecule has 1 fully saturated rings. The van der Waals surface area contributed by atoms with Crippen molar-refractivity contribution in [1.29, 1.82) is 0 Å². The Bertz CT molecular complexity index is 1380. The molecule has 1 aliphatic heterocycles. The molecule has 0 bridgehead atoms. The van der Waals surface area contributed by atoms with Crippen LogP contribution in [0.25, 0.3) is 10.9 Å². The number of nitrogens with zero attached hydrogens (tertiary/aromatic N) is 2.